The van der Waals surface area contributed by atoms with Gasteiger partial charge in [-0.05, 0) is 30.3 Å². The number of nitrogens with zero attached hydrogens (tertiary/aromatic N) is 2. The monoisotopic (exact) mass is 328 g/mol. The van der Waals surface area contributed by atoms with Gasteiger partial charge in [0.1, 0.15) is 0 Å². The van der Waals surface area contributed by atoms with Gasteiger partial charge in [-0.25, -0.2) is 0 Å². The van der Waals surface area contributed by atoms with Crippen LogP contribution < -0.4 is 0 Å². The molecule has 118 valence electrons. The van der Waals surface area contributed by atoms with E-state index >= 15 is 0 Å². The second-order valence-electron chi connectivity index (χ2n) is 5.21. The predicted octanol–water partition coefficient (Wildman–Crippen LogP) is 3.24. The maximum atomic E-state index is 5.47. The molecule has 0 saturated carbocycles. The van der Waals surface area contributed by atoms with E-state index < -0.39 is 0 Å². The van der Waals surface area contributed by atoms with Gasteiger partial charge in [0.15, 0.2) is 0 Å². The van der Waals surface area contributed by atoms with Crippen LogP contribution in [0, 0.1) is 48.4 Å². The van der Waals surface area contributed by atoms with E-state index in [1.54, 1.807) is 36.9 Å². The molecule has 0 unspecified atom stereocenters. The lowest BCUT2D eigenvalue weighted by Crippen LogP contribution is -1.86. The van der Waals surface area contributed by atoms with E-state index in [-0.39, 0.29) is 0 Å². The highest BCUT2D eigenvalue weighted by atomic mass is 14.6. The molecule has 0 aliphatic heterocycles. The molecule has 0 radical (unpaired) electrons. The lowest BCUT2D eigenvalue weighted by Gasteiger charge is -1.96. The summed E-state index contributed by atoms with van der Waals surface area (Å²) in [5, 5.41) is 0. The third kappa shape index (κ3) is 3.99. The van der Waals surface area contributed by atoms with Crippen LogP contribution in [0.5, 0.6) is 0 Å². The molecule has 0 saturated heterocycles. The summed E-state index contributed by atoms with van der Waals surface area (Å²) >= 11 is 0. The zero-order chi connectivity index (χ0) is 18.2. The van der Waals surface area contributed by atoms with Gasteiger partial charge in [0, 0.05) is 47.0 Å². The van der Waals surface area contributed by atoms with Gasteiger partial charge in [-0.1, -0.05) is 41.6 Å². The van der Waals surface area contributed by atoms with Crippen LogP contribution in [0.3, 0.4) is 0 Å². The second-order valence-corrected chi connectivity index (χ2v) is 5.21. The van der Waals surface area contributed by atoms with E-state index in [0.29, 0.717) is 11.1 Å². The Morgan fingerprint density at radius 2 is 1.12 bits per heavy atom. The van der Waals surface area contributed by atoms with Crippen molar-refractivity contribution >= 4 is 0 Å². The minimum Gasteiger partial charge on any atom is -0.263 e. The van der Waals surface area contributed by atoms with Crippen molar-refractivity contribution in [3.8, 4) is 48.4 Å². The molecular weight excluding hydrogens is 316 g/mol. The van der Waals surface area contributed by atoms with Crippen molar-refractivity contribution in [1.82, 2.24) is 9.97 Å². The quantitative estimate of drug-likeness (QED) is 0.592. The topological polar surface area (TPSA) is 25.8 Å². The Balaban J connectivity index is 1.90. The summed E-state index contributed by atoms with van der Waals surface area (Å²) in [4.78, 5) is 8.01. The maximum absolute atomic E-state index is 5.47. The lowest BCUT2D eigenvalue weighted by atomic mass is 10.1. The van der Waals surface area contributed by atoms with Gasteiger partial charge in [-0.3, -0.25) is 9.97 Å². The molecule has 26 heavy (non-hydrogen) atoms. The number of hydrogen-bond acceptors (Lipinski definition) is 2. The Bertz CT molecular complexity index is 1080. The van der Waals surface area contributed by atoms with Crippen molar-refractivity contribution in [3.05, 3.63) is 94.6 Å². The summed E-state index contributed by atoms with van der Waals surface area (Å²) in [5.74, 6) is 17.6. The highest BCUT2D eigenvalue weighted by molar-refractivity contribution is 5.54. The van der Waals surface area contributed by atoms with E-state index in [1.165, 1.54) is 0 Å². The van der Waals surface area contributed by atoms with Crippen LogP contribution in [0.2, 0.25) is 0 Å². The van der Waals surface area contributed by atoms with Crippen molar-refractivity contribution in [2.24, 2.45) is 0 Å². The highest BCUT2D eigenvalue weighted by Gasteiger charge is 1.97. The van der Waals surface area contributed by atoms with Crippen molar-refractivity contribution in [3.63, 3.8) is 0 Å². The lowest BCUT2D eigenvalue weighted by molar-refractivity contribution is 1.30. The van der Waals surface area contributed by atoms with Gasteiger partial charge >= 0.3 is 0 Å². The molecule has 0 bridgehead atoms. The largest absolute Gasteiger partial charge is 0.263 e. The van der Waals surface area contributed by atoms with Gasteiger partial charge in [0.05, 0.1) is 11.1 Å². The highest BCUT2D eigenvalue weighted by Crippen LogP contribution is 2.07. The molecule has 0 amide bonds. The normalized spacial score (nSPS) is 8.85. The fourth-order valence-corrected chi connectivity index (χ4v) is 2.19. The Hall–Kier alpha value is -4.24. The van der Waals surface area contributed by atoms with E-state index in [4.69, 9.17) is 12.8 Å². The molecular formula is C24H12N2. The number of aromatic nitrogens is 2. The van der Waals surface area contributed by atoms with Gasteiger partial charge in [-0.15, -0.1) is 12.8 Å². The summed E-state index contributed by atoms with van der Waals surface area (Å²) < 4.78 is 0. The SMILES string of the molecule is C#Cc1cnccc1C#Cc1cccc(C#Cc2ccncc2C#C)c1. The smallest absolute Gasteiger partial charge is 0.0582 e. The number of terminal acetylenes is 2. The van der Waals surface area contributed by atoms with Crippen LogP contribution in [-0.2, 0) is 0 Å². The van der Waals surface area contributed by atoms with Crippen molar-refractivity contribution in [2.75, 3.05) is 0 Å². The Kier molecular flexibility index (Phi) is 5.13. The summed E-state index contributed by atoms with van der Waals surface area (Å²) in [7, 11) is 0. The number of rotatable bonds is 0. The maximum Gasteiger partial charge on any atom is 0.0582 e. The molecule has 0 atom stereocenters. The van der Waals surface area contributed by atoms with Gasteiger partial charge < -0.3 is 0 Å². The summed E-state index contributed by atoms with van der Waals surface area (Å²) in [5.41, 5.74) is 4.60. The first-order chi connectivity index (χ1) is 12.8. The first kappa shape index (κ1) is 16.6. The number of hydrogen-bond donors (Lipinski definition) is 0. The Morgan fingerprint density at radius 1 is 0.615 bits per heavy atom. The first-order valence-electron chi connectivity index (χ1n) is 7.75. The molecule has 2 aromatic heterocycles. The Morgan fingerprint density at radius 3 is 1.58 bits per heavy atom. The second kappa shape index (κ2) is 8.04. The minimum absolute atomic E-state index is 0.676. The molecule has 3 rings (SSSR count). The van der Waals surface area contributed by atoms with Gasteiger partial charge in [0.2, 0.25) is 0 Å². The van der Waals surface area contributed by atoms with Crippen LogP contribution in [0.4, 0.5) is 0 Å². The average molecular weight is 328 g/mol. The molecule has 0 aliphatic carbocycles. The van der Waals surface area contributed by atoms with Crippen LogP contribution in [-0.4, -0.2) is 9.97 Å². The van der Waals surface area contributed by atoms with Crippen molar-refractivity contribution in [1.29, 1.82) is 0 Å². The molecule has 0 aliphatic rings. The van der Waals surface area contributed by atoms with E-state index in [9.17, 15) is 0 Å². The van der Waals surface area contributed by atoms with Crippen LogP contribution in [0.15, 0.2) is 61.2 Å². The molecule has 2 nitrogen and oxygen atoms in total. The molecule has 3 aromatic rings. The Labute approximate surface area is 153 Å². The molecule has 2 heterocycles. The van der Waals surface area contributed by atoms with E-state index in [0.717, 1.165) is 22.3 Å². The van der Waals surface area contributed by atoms with Crippen molar-refractivity contribution in [2.45, 2.75) is 0 Å². The van der Waals surface area contributed by atoms with Crippen LogP contribution in [0.1, 0.15) is 33.4 Å². The van der Waals surface area contributed by atoms with Gasteiger partial charge in [0.25, 0.3) is 0 Å². The zero-order valence-corrected chi connectivity index (χ0v) is 13.8. The standard InChI is InChI=1S/C24H12N2/c1-3-21-17-25-14-12-23(21)10-8-19-6-5-7-20(16-19)9-11-24-13-15-26-18-22(24)4-2/h1-2,5-7,12-18H. The number of pyridine rings is 2. The molecule has 0 fully saturated rings. The van der Waals surface area contributed by atoms with Crippen molar-refractivity contribution < 1.29 is 0 Å². The third-order valence-corrected chi connectivity index (χ3v) is 3.50. The average Bonchev–Trinajstić information content (AvgIpc) is 2.71. The first-order valence-corrected chi connectivity index (χ1v) is 7.75. The molecule has 2 heteroatoms. The molecule has 0 N–H and O–H groups in total. The van der Waals surface area contributed by atoms with E-state index in [2.05, 4.69) is 45.5 Å². The molecule has 1 aromatic carbocycles. The molecule has 0 spiro atoms. The van der Waals surface area contributed by atoms with Gasteiger partial charge in [-0.2, -0.15) is 0 Å². The predicted molar refractivity (Wildman–Crippen MR) is 103 cm³/mol. The van der Waals surface area contributed by atoms with Crippen LogP contribution in [0.25, 0.3) is 0 Å². The fraction of sp³-hybridized carbons (Fsp3) is 0. The minimum atomic E-state index is 0.676. The summed E-state index contributed by atoms with van der Waals surface area (Å²) in [6.45, 7) is 0. The third-order valence-electron chi connectivity index (χ3n) is 3.50. The fourth-order valence-electron chi connectivity index (χ4n) is 2.19. The summed E-state index contributed by atoms with van der Waals surface area (Å²) in [6, 6.07) is 11.3. The summed E-state index contributed by atoms with van der Waals surface area (Å²) in [6.07, 6.45) is 17.5. The zero-order valence-electron chi connectivity index (χ0n) is 13.8. The number of benzene rings is 1. The van der Waals surface area contributed by atoms with E-state index in [1.807, 2.05) is 24.3 Å². The van der Waals surface area contributed by atoms with Crippen LogP contribution >= 0.6 is 0 Å².